The lowest BCUT2D eigenvalue weighted by molar-refractivity contribution is 0.0949. The van der Waals surface area contributed by atoms with Crippen LogP contribution in [-0.2, 0) is 0 Å². The van der Waals surface area contributed by atoms with Crippen LogP contribution in [0.3, 0.4) is 0 Å². The fourth-order valence-electron chi connectivity index (χ4n) is 3.07. The molecule has 1 saturated carbocycles. The van der Waals surface area contributed by atoms with Crippen molar-refractivity contribution in [3.05, 3.63) is 28.8 Å². The molecule has 1 aromatic carbocycles. The van der Waals surface area contributed by atoms with Crippen molar-refractivity contribution in [1.29, 1.82) is 0 Å². The van der Waals surface area contributed by atoms with Gasteiger partial charge in [-0.1, -0.05) is 32.1 Å². The number of thiol groups is 1. The first-order valence-corrected chi connectivity index (χ1v) is 7.94. The maximum absolute atomic E-state index is 12.5. The normalized spacial score (nSPS) is 16.8. The van der Waals surface area contributed by atoms with Crippen molar-refractivity contribution < 1.29 is 4.79 Å². The molecular formula is C17H23NOS. The Kier molecular flexibility index (Phi) is 5.41. The molecule has 0 N–H and O–H groups in total. The summed E-state index contributed by atoms with van der Waals surface area (Å²) in [6.45, 7) is 3.98. The van der Waals surface area contributed by atoms with E-state index in [1.54, 1.807) is 0 Å². The molecule has 1 fully saturated rings. The van der Waals surface area contributed by atoms with Gasteiger partial charge in [-0.05, 0) is 43.0 Å². The highest BCUT2D eigenvalue weighted by Gasteiger charge is 2.19. The molecule has 0 atom stereocenters. The van der Waals surface area contributed by atoms with Gasteiger partial charge < -0.3 is 0 Å². The van der Waals surface area contributed by atoms with E-state index in [0.29, 0.717) is 18.1 Å². The molecule has 20 heavy (non-hydrogen) atoms. The van der Waals surface area contributed by atoms with Crippen molar-refractivity contribution in [2.45, 2.75) is 52.4 Å². The van der Waals surface area contributed by atoms with Crippen LogP contribution in [0.1, 0.15) is 60.0 Å². The van der Waals surface area contributed by atoms with Crippen LogP contribution in [0, 0.1) is 19.8 Å². The number of benzene rings is 1. The molecule has 3 heteroatoms. The third-order valence-electron chi connectivity index (χ3n) is 4.24. The molecule has 2 nitrogen and oxygen atoms in total. The van der Waals surface area contributed by atoms with Gasteiger partial charge in [0.25, 0.3) is 0 Å². The smallest absolute Gasteiger partial charge is 0.163 e. The second-order valence-electron chi connectivity index (χ2n) is 5.83. The molecule has 2 rings (SSSR count). The van der Waals surface area contributed by atoms with E-state index in [0.717, 1.165) is 22.4 Å². The number of rotatable bonds is 4. The summed E-state index contributed by atoms with van der Waals surface area (Å²) in [5.74, 6) is 0.880. The van der Waals surface area contributed by atoms with Crippen molar-refractivity contribution in [1.82, 2.24) is 0 Å². The molecule has 0 radical (unpaired) electrons. The highest BCUT2D eigenvalue weighted by atomic mass is 32.1. The molecule has 108 valence electrons. The number of carbonyl (C=O) groups excluding carboxylic acids is 1. The van der Waals surface area contributed by atoms with Gasteiger partial charge in [0.1, 0.15) is 0 Å². The summed E-state index contributed by atoms with van der Waals surface area (Å²) >= 11 is 4.01. The largest absolute Gasteiger partial charge is 0.294 e. The lowest BCUT2D eigenvalue weighted by Gasteiger charge is -2.21. The van der Waals surface area contributed by atoms with E-state index >= 15 is 0 Å². The second-order valence-corrected chi connectivity index (χ2v) is 6.06. The summed E-state index contributed by atoms with van der Waals surface area (Å²) < 4.78 is 0. The van der Waals surface area contributed by atoms with Gasteiger partial charge in [-0.25, -0.2) is 0 Å². The summed E-state index contributed by atoms with van der Waals surface area (Å²) in [4.78, 5) is 16.7. The first-order chi connectivity index (χ1) is 9.61. The Morgan fingerprint density at radius 2 is 1.95 bits per heavy atom. The summed E-state index contributed by atoms with van der Waals surface area (Å²) in [7, 11) is 0. The van der Waals surface area contributed by atoms with Crippen LogP contribution in [0.2, 0.25) is 0 Å². The van der Waals surface area contributed by atoms with Crippen molar-refractivity contribution in [3.8, 4) is 0 Å². The number of ketones is 1. The molecule has 0 aromatic heterocycles. The van der Waals surface area contributed by atoms with E-state index < -0.39 is 0 Å². The zero-order valence-corrected chi connectivity index (χ0v) is 13.2. The Balaban J connectivity index is 2.15. The standard InChI is InChI=1S/C17H23NOS/c1-12-9-16(18-11-20)13(2)8-15(12)17(19)10-14-6-4-3-5-7-14/h8-9,11,14H,3-7,10H2,1-2H3,(H,18,20). The van der Waals surface area contributed by atoms with Crippen LogP contribution in [0.25, 0.3) is 0 Å². The van der Waals surface area contributed by atoms with Crippen LogP contribution in [-0.4, -0.2) is 11.3 Å². The average Bonchev–Trinajstić information content (AvgIpc) is 2.43. The number of hydrogen-bond acceptors (Lipinski definition) is 2. The number of carbonyl (C=O) groups is 1. The number of hydrogen-bond donors (Lipinski definition) is 1. The third-order valence-corrected chi connectivity index (χ3v) is 4.35. The zero-order valence-electron chi connectivity index (χ0n) is 12.4. The van der Waals surface area contributed by atoms with Crippen molar-refractivity contribution in [2.75, 3.05) is 0 Å². The summed E-state index contributed by atoms with van der Waals surface area (Å²) in [6, 6.07) is 3.97. The fourth-order valence-corrected chi connectivity index (χ4v) is 3.19. The van der Waals surface area contributed by atoms with Crippen LogP contribution in [0.4, 0.5) is 5.69 Å². The summed E-state index contributed by atoms with van der Waals surface area (Å²) in [5.41, 5.74) is 5.31. The zero-order chi connectivity index (χ0) is 14.5. The van der Waals surface area contributed by atoms with Crippen molar-refractivity contribution in [3.63, 3.8) is 0 Å². The monoisotopic (exact) mass is 289 g/mol. The predicted octanol–water partition coefficient (Wildman–Crippen LogP) is 5.05. The van der Waals surface area contributed by atoms with Gasteiger partial charge in [0, 0.05) is 12.0 Å². The van der Waals surface area contributed by atoms with E-state index in [2.05, 4.69) is 17.6 Å². The van der Waals surface area contributed by atoms with Crippen molar-refractivity contribution in [2.24, 2.45) is 10.9 Å². The molecule has 0 bridgehead atoms. The van der Waals surface area contributed by atoms with Gasteiger partial charge in [-0.2, -0.15) is 0 Å². The molecule has 0 amide bonds. The average molecular weight is 289 g/mol. The fraction of sp³-hybridized carbons (Fsp3) is 0.529. The Morgan fingerprint density at radius 1 is 1.25 bits per heavy atom. The van der Waals surface area contributed by atoms with Gasteiger partial charge >= 0.3 is 0 Å². The molecule has 0 saturated heterocycles. The maximum Gasteiger partial charge on any atom is 0.163 e. The molecule has 0 aliphatic heterocycles. The number of nitrogens with zero attached hydrogens (tertiary/aromatic N) is 1. The van der Waals surface area contributed by atoms with Crippen LogP contribution < -0.4 is 0 Å². The minimum absolute atomic E-state index is 0.291. The second kappa shape index (κ2) is 7.07. The van der Waals surface area contributed by atoms with E-state index in [1.807, 2.05) is 26.0 Å². The molecule has 1 aromatic rings. The quantitative estimate of drug-likeness (QED) is 0.357. The van der Waals surface area contributed by atoms with Gasteiger partial charge in [0.15, 0.2) is 5.78 Å². The first-order valence-electron chi connectivity index (χ1n) is 7.43. The predicted molar refractivity (Wildman–Crippen MR) is 88.6 cm³/mol. The lowest BCUT2D eigenvalue weighted by atomic mass is 9.84. The number of aliphatic imine (C=N–C) groups is 1. The molecule has 0 heterocycles. The first kappa shape index (κ1) is 15.3. The summed E-state index contributed by atoms with van der Waals surface area (Å²) in [6.07, 6.45) is 7.03. The Labute approximate surface area is 127 Å². The van der Waals surface area contributed by atoms with Gasteiger partial charge in [0.05, 0.1) is 11.2 Å². The van der Waals surface area contributed by atoms with Crippen LogP contribution in [0.15, 0.2) is 17.1 Å². The number of Topliss-reactive ketones (excluding diaryl/α,β-unsaturated/α-hetero) is 1. The maximum atomic E-state index is 12.5. The van der Waals surface area contributed by atoms with Crippen LogP contribution in [0.5, 0.6) is 0 Å². The molecule has 1 aliphatic carbocycles. The molecular weight excluding hydrogens is 266 g/mol. The Hall–Kier alpha value is -1.09. The highest BCUT2D eigenvalue weighted by Crippen LogP contribution is 2.29. The number of aryl methyl sites for hydroxylation is 2. The Bertz CT molecular complexity index is 516. The van der Waals surface area contributed by atoms with Crippen LogP contribution >= 0.6 is 12.6 Å². The lowest BCUT2D eigenvalue weighted by Crippen LogP contribution is -2.13. The minimum Gasteiger partial charge on any atom is -0.294 e. The van der Waals surface area contributed by atoms with Gasteiger partial charge in [-0.3, -0.25) is 9.79 Å². The van der Waals surface area contributed by atoms with E-state index in [9.17, 15) is 4.79 Å². The molecule has 1 aliphatic rings. The van der Waals surface area contributed by atoms with Gasteiger partial charge in [0.2, 0.25) is 0 Å². The molecule has 0 spiro atoms. The SMILES string of the molecule is Cc1cc(C(=O)CC2CCCCC2)c(C)cc1/N=C\S. The van der Waals surface area contributed by atoms with E-state index in [1.165, 1.54) is 37.7 Å². The van der Waals surface area contributed by atoms with Gasteiger partial charge in [-0.15, -0.1) is 12.6 Å². The third kappa shape index (κ3) is 3.72. The highest BCUT2D eigenvalue weighted by molar-refractivity contribution is 7.94. The van der Waals surface area contributed by atoms with E-state index in [4.69, 9.17) is 0 Å². The molecule has 0 unspecified atom stereocenters. The summed E-state index contributed by atoms with van der Waals surface area (Å²) in [5, 5.41) is 0. The Morgan fingerprint density at radius 3 is 2.60 bits per heavy atom. The van der Waals surface area contributed by atoms with Crippen molar-refractivity contribution >= 4 is 29.6 Å². The topological polar surface area (TPSA) is 29.4 Å². The van der Waals surface area contributed by atoms with E-state index in [-0.39, 0.29) is 0 Å². The minimum atomic E-state index is 0.291.